The maximum absolute atomic E-state index is 12.0. The molecule has 0 aliphatic heterocycles. The van der Waals surface area contributed by atoms with Crippen LogP contribution in [-0.4, -0.2) is 40.0 Å². The van der Waals surface area contributed by atoms with Gasteiger partial charge in [-0.3, -0.25) is 4.79 Å². The van der Waals surface area contributed by atoms with Crippen LogP contribution in [0.1, 0.15) is 23.7 Å². The van der Waals surface area contributed by atoms with Gasteiger partial charge >= 0.3 is 5.97 Å². The fraction of sp³-hybridized carbons (Fsp3) is 0.333. The predicted molar refractivity (Wildman–Crippen MR) is 84.0 cm³/mol. The van der Waals surface area contributed by atoms with Crippen LogP contribution >= 0.6 is 0 Å². The summed E-state index contributed by atoms with van der Waals surface area (Å²) >= 11 is 0. The number of sulfonamides is 1. The van der Waals surface area contributed by atoms with Crippen LogP contribution in [0.5, 0.6) is 0 Å². The zero-order valence-electron chi connectivity index (χ0n) is 12.7. The van der Waals surface area contributed by atoms with Crippen molar-refractivity contribution in [1.29, 1.82) is 0 Å². The van der Waals surface area contributed by atoms with Crippen molar-refractivity contribution in [2.75, 3.05) is 19.7 Å². The first-order valence-corrected chi connectivity index (χ1v) is 8.36. The SMILES string of the molecule is C#CCNC(=O)COC(=O)c1cccc(S(=O)(=O)NCCC)c1. The molecule has 0 heterocycles. The number of ether oxygens (including phenoxy) is 1. The fourth-order valence-corrected chi connectivity index (χ4v) is 2.70. The van der Waals surface area contributed by atoms with E-state index < -0.39 is 28.5 Å². The highest BCUT2D eigenvalue weighted by atomic mass is 32.2. The fourth-order valence-electron chi connectivity index (χ4n) is 1.53. The first kappa shape index (κ1) is 18.7. The predicted octanol–water partition coefficient (Wildman–Crippen LogP) is 0.281. The Morgan fingerprint density at radius 2 is 2.09 bits per heavy atom. The first-order chi connectivity index (χ1) is 10.9. The van der Waals surface area contributed by atoms with E-state index in [4.69, 9.17) is 11.2 Å². The van der Waals surface area contributed by atoms with Crippen LogP contribution < -0.4 is 10.0 Å². The average molecular weight is 338 g/mol. The second-order valence-corrected chi connectivity index (χ2v) is 6.25. The Kier molecular flexibility index (Phi) is 7.25. The standard InChI is InChI=1S/C15H18N2O5S/c1-3-8-16-14(18)11-22-15(19)12-6-5-7-13(10-12)23(20,21)17-9-4-2/h1,5-7,10,17H,4,8-9,11H2,2H3,(H,16,18). The molecule has 0 radical (unpaired) electrons. The van der Waals surface area contributed by atoms with Gasteiger partial charge in [-0.1, -0.05) is 18.9 Å². The van der Waals surface area contributed by atoms with E-state index in [2.05, 4.69) is 16.0 Å². The van der Waals surface area contributed by atoms with Gasteiger partial charge in [0.05, 0.1) is 17.0 Å². The smallest absolute Gasteiger partial charge is 0.338 e. The molecule has 0 aliphatic rings. The van der Waals surface area contributed by atoms with Gasteiger partial charge in [0, 0.05) is 6.54 Å². The number of esters is 1. The highest BCUT2D eigenvalue weighted by molar-refractivity contribution is 7.89. The second kappa shape index (κ2) is 8.92. The Morgan fingerprint density at radius 1 is 1.35 bits per heavy atom. The van der Waals surface area contributed by atoms with E-state index in [9.17, 15) is 18.0 Å². The molecule has 0 atom stereocenters. The molecular formula is C15H18N2O5S. The zero-order chi connectivity index (χ0) is 17.3. The Labute approximate surface area is 135 Å². The van der Waals surface area contributed by atoms with Gasteiger partial charge in [-0.05, 0) is 24.6 Å². The Hall–Kier alpha value is -2.37. The maximum Gasteiger partial charge on any atom is 0.338 e. The van der Waals surface area contributed by atoms with Crippen molar-refractivity contribution in [3.63, 3.8) is 0 Å². The van der Waals surface area contributed by atoms with Gasteiger partial charge in [0.2, 0.25) is 10.0 Å². The minimum Gasteiger partial charge on any atom is -0.452 e. The number of carbonyl (C=O) groups is 2. The Bertz CT molecular complexity index is 707. The van der Waals surface area contributed by atoms with Crippen LogP contribution in [0, 0.1) is 12.3 Å². The molecule has 0 saturated carbocycles. The molecular weight excluding hydrogens is 320 g/mol. The molecule has 0 unspecified atom stereocenters. The molecule has 0 aliphatic carbocycles. The normalized spacial score (nSPS) is 10.6. The number of nitrogens with one attached hydrogen (secondary N) is 2. The van der Waals surface area contributed by atoms with Crippen molar-refractivity contribution in [2.24, 2.45) is 0 Å². The van der Waals surface area contributed by atoms with Gasteiger partial charge in [0.25, 0.3) is 5.91 Å². The lowest BCUT2D eigenvalue weighted by Crippen LogP contribution is -2.29. The highest BCUT2D eigenvalue weighted by Gasteiger charge is 2.16. The summed E-state index contributed by atoms with van der Waals surface area (Å²) in [7, 11) is -3.68. The van der Waals surface area contributed by atoms with Crippen LogP contribution in [0.15, 0.2) is 29.2 Å². The molecule has 0 spiro atoms. The van der Waals surface area contributed by atoms with Gasteiger partial charge in [-0.15, -0.1) is 6.42 Å². The second-order valence-electron chi connectivity index (χ2n) is 4.48. The Morgan fingerprint density at radius 3 is 2.74 bits per heavy atom. The topological polar surface area (TPSA) is 102 Å². The molecule has 1 amide bonds. The summed E-state index contributed by atoms with van der Waals surface area (Å²) in [6, 6.07) is 5.39. The van der Waals surface area contributed by atoms with Crippen LogP contribution in [0.2, 0.25) is 0 Å². The number of amides is 1. The zero-order valence-corrected chi connectivity index (χ0v) is 13.5. The number of rotatable bonds is 8. The summed E-state index contributed by atoms with van der Waals surface area (Å²) in [4.78, 5) is 23.1. The molecule has 0 fully saturated rings. The lowest BCUT2D eigenvalue weighted by atomic mass is 10.2. The molecule has 124 valence electrons. The molecule has 1 aromatic carbocycles. The van der Waals surface area contributed by atoms with Crippen LogP contribution in [-0.2, 0) is 19.6 Å². The number of terminal acetylenes is 1. The van der Waals surface area contributed by atoms with Crippen molar-refractivity contribution in [1.82, 2.24) is 10.0 Å². The molecule has 0 bridgehead atoms. The third-order valence-corrected chi connectivity index (χ3v) is 4.10. The molecule has 23 heavy (non-hydrogen) atoms. The molecule has 1 aromatic rings. The summed E-state index contributed by atoms with van der Waals surface area (Å²) in [5.41, 5.74) is 0.0362. The summed E-state index contributed by atoms with van der Waals surface area (Å²) in [6.45, 7) is 1.67. The van der Waals surface area contributed by atoms with Gasteiger partial charge in [0.1, 0.15) is 0 Å². The number of benzene rings is 1. The third-order valence-electron chi connectivity index (χ3n) is 2.64. The third kappa shape index (κ3) is 6.10. The van der Waals surface area contributed by atoms with Gasteiger partial charge in [-0.25, -0.2) is 17.9 Å². The van der Waals surface area contributed by atoms with E-state index >= 15 is 0 Å². The lowest BCUT2D eigenvalue weighted by molar-refractivity contribution is -0.123. The lowest BCUT2D eigenvalue weighted by Gasteiger charge is -2.08. The molecule has 8 heteroatoms. The summed E-state index contributed by atoms with van der Waals surface area (Å²) in [6.07, 6.45) is 5.63. The van der Waals surface area contributed by atoms with Crippen LogP contribution in [0.25, 0.3) is 0 Å². The first-order valence-electron chi connectivity index (χ1n) is 6.87. The van der Waals surface area contributed by atoms with Crippen molar-refractivity contribution < 1.29 is 22.7 Å². The van der Waals surface area contributed by atoms with E-state index in [1.807, 2.05) is 6.92 Å². The van der Waals surface area contributed by atoms with E-state index in [1.165, 1.54) is 24.3 Å². The quantitative estimate of drug-likeness (QED) is 0.524. The monoisotopic (exact) mass is 338 g/mol. The van der Waals surface area contributed by atoms with E-state index in [0.29, 0.717) is 13.0 Å². The molecule has 0 saturated heterocycles. The summed E-state index contributed by atoms with van der Waals surface area (Å²) in [5.74, 6) is 0.878. The van der Waals surface area contributed by atoms with Gasteiger partial charge in [-0.2, -0.15) is 0 Å². The number of hydrogen-bond acceptors (Lipinski definition) is 5. The maximum atomic E-state index is 12.0. The largest absolute Gasteiger partial charge is 0.452 e. The van der Waals surface area contributed by atoms with Crippen molar-refractivity contribution in [3.05, 3.63) is 29.8 Å². The minimum atomic E-state index is -3.68. The minimum absolute atomic E-state index is 0.0349. The molecule has 0 aromatic heterocycles. The van der Waals surface area contributed by atoms with E-state index in [0.717, 1.165) is 0 Å². The van der Waals surface area contributed by atoms with Crippen molar-refractivity contribution >= 4 is 21.9 Å². The Balaban J connectivity index is 2.75. The summed E-state index contributed by atoms with van der Waals surface area (Å²) in [5, 5.41) is 2.34. The highest BCUT2D eigenvalue weighted by Crippen LogP contribution is 2.12. The van der Waals surface area contributed by atoms with Gasteiger partial charge in [0.15, 0.2) is 6.61 Å². The van der Waals surface area contributed by atoms with Crippen LogP contribution in [0.3, 0.4) is 0 Å². The van der Waals surface area contributed by atoms with Crippen molar-refractivity contribution in [2.45, 2.75) is 18.2 Å². The van der Waals surface area contributed by atoms with Gasteiger partial charge < -0.3 is 10.1 Å². The van der Waals surface area contributed by atoms with E-state index in [-0.39, 0.29) is 17.0 Å². The van der Waals surface area contributed by atoms with E-state index in [1.54, 1.807) is 0 Å². The number of hydrogen-bond donors (Lipinski definition) is 2. The van der Waals surface area contributed by atoms with Crippen molar-refractivity contribution in [3.8, 4) is 12.3 Å². The summed E-state index contributed by atoms with van der Waals surface area (Å²) < 4.78 is 31.2. The number of carbonyl (C=O) groups excluding carboxylic acids is 2. The molecule has 2 N–H and O–H groups in total. The molecule has 1 rings (SSSR count). The van der Waals surface area contributed by atoms with Crippen LogP contribution in [0.4, 0.5) is 0 Å². The average Bonchev–Trinajstić information content (AvgIpc) is 2.56. The molecule has 7 nitrogen and oxygen atoms in total.